The van der Waals surface area contributed by atoms with Crippen LogP contribution in [0.25, 0.3) is 0 Å². The molecule has 4 saturated carbocycles. The van der Waals surface area contributed by atoms with Crippen LogP contribution in [0.2, 0.25) is 39.3 Å². The van der Waals surface area contributed by atoms with Crippen LogP contribution in [0.4, 0.5) is 0 Å². The Labute approximate surface area is 188 Å². The van der Waals surface area contributed by atoms with E-state index >= 15 is 0 Å². The van der Waals surface area contributed by atoms with E-state index in [2.05, 4.69) is 52.1 Å². The molecule has 4 fully saturated rings. The van der Waals surface area contributed by atoms with Crippen molar-refractivity contribution in [2.75, 3.05) is 0 Å². The number of hydrogen-bond acceptors (Lipinski definition) is 2. The third-order valence-electron chi connectivity index (χ3n) is 9.26. The van der Waals surface area contributed by atoms with Crippen LogP contribution >= 0.6 is 0 Å². The second kappa shape index (κ2) is 7.75. The molecule has 0 N–H and O–H groups in total. The summed E-state index contributed by atoms with van der Waals surface area (Å²) in [4.78, 5) is 0. The summed E-state index contributed by atoms with van der Waals surface area (Å²) >= 11 is 0. The molecule has 170 valence electrons. The lowest BCUT2D eigenvalue weighted by Gasteiger charge is -2.58. The molecule has 0 spiro atoms. The third kappa shape index (κ3) is 4.02. The first-order valence-electron chi connectivity index (χ1n) is 12.7. The van der Waals surface area contributed by atoms with Gasteiger partial charge in [0, 0.05) is 11.5 Å². The van der Waals surface area contributed by atoms with Crippen molar-refractivity contribution in [1.29, 1.82) is 0 Å². The zero-order chi connectivity index (χ0) is 21.9. The summed E-state index contributed by atoms with van der Waals surface area (Å²) in [6.07, 6.45) is 18.6. The summed E-state index contributed by atoms with van der Waals surface area (Å²) in [6.45, 7) is 16.5. The molecule has 0 radical (unpaired) electrons. The lowest BCUT2D eigenvalue weighted by Crippen LogP contribution is -2.56. The first-order valence-corrected chi connectivity index (χ1v) is 19.5. The highest BCUT2D eigenvalue weighted by Crippen LogP contribution is 2.66. The highest BCUT2D eigenvalue weighted by molar-refractivity contribution is 6.70. The molecule has 0 bridgehead atoms. The normalized spacial score (nSPS) is 46.5. The monoisotopic (exact) mass is 446 g/mol. The topological polar surface area (TPSA) is 18.5 Å². The van der Waals surface area contributed by atoms with Crippen molar-refractivity contribution in [3.8, 4) is 12.3 Å². The Morgan fingerprint density at radius 3 is 2.13 bits per heavy atom. The largest absolute Gasteiger partial charge is 0.415 e. The standard InChI is InChI=1S/C26H46O2Si2/c1-9-26(28-30(6,7)8)17-15-24-23-12-10-19-18-20(27-29(3,4)5)11-13-21(19)22(23)14-16-25(24,26)2/h1,19-24H,10-18H2,2-8H3/t19-,20+,21+,22-,23-,24+,25+,26+/m1/s1. The van der Waals surface area contributed by atoms with E-state index in [0.717, 1.165) is 36.0 Å². The van der Waals surface area contributed by atoms with Crippen LogP contribution < -0.4 is 0 Å². The predicted octanol–water partition coefficient (Wildman–Crippen LogP) is 7.08. The van der Waals surface area contributed by atoms with E-state index in [1.807, 2.05) is 0 Å². The Balaban J connectivity index is 1.50. The maximum absolute atomic E-state index is 6.84. The van der Waals surface area contributed by atoms with Gasteiger partial charge in [0.25, 0.3) is 0 Å². The minimum absolute atomic E-state index is 0.175. The van der Waals surface area contributed by atoms with Gasteiger partial charge in [-0.3, -0.25) is 0 Å². The molecular weight excluding hydrogens is 400 g/mol. The Kier molecular flexibility index (Phi) is 5.96. The van der Waals surface area contributed by atoms with Crippen molar-refractivity contribution in [3.63, 3.8) is 0 Å². The fourth-order valence-corrected chi connectivity index (χ4v) is 11.0. The quantitative estimate of drug-likeness (QED) is 0.339. The smallest absolute Gasteiger partial charge is 0.185 e. The minimum atomic E-state index is -1.69. The van der Waals surface area contributed by atoms with Gasteiger partial charge in [0.1, 0.15) is 5.60 Å². The molecule has 0 aromatic rings. The van der Waals surface area contributed by atoms with E-state index in [9.17, 15) is 0 Å². The fraction of sp³-hybridized carbons (Fsp3) is 0.923. The van der Waals surface area contributed by atoms with E-state index < -0.39 is 16.6 Å². The Bertz CT molecular complexity index is 687. The maximum atomic E-state index is 6.84. The van der Waals surface area contributed by atoms with Gasteiger partial charge in [0.15, 0.2) is 16.6 Å². The van der Waals surface area contributed by atoms with Crippen molar-refractivity contribution in [3.05, 3.63) is 0 Å². The van der Waals surface area contributed by atoms with Gasteiger partial charge in [-0.2, -0.15) is 0 Å². The highest BCUT2D eigenvalue weighted by Gasteiger charge is 2.64. The van der Waals surface area contributed by atoms with E-state index in [0.29, 0.717) is 6.10 Å². The molecule has 0 heterocycles. The SMILES string of the molecule is C#C[C@]1(O[Si](C)(C)C)CC[C@H]2[C@@H]3CC[C@@H]4C[C@@H](O[Si](C)(C)C)CC[C@@H]4[C@H]3CC[C@@]21C. The van der Waals surface area contributed by atoms with Crippen LogP contribution in [-0.2, 0) is 8.85 Å². The molecule has 0 saturated heterocycles. The highest BCUT2D eigenvalue weighted by atomic mass is 28.4. The molecule has 4 aliphatic rings. The van der Waals surface area contributed by atoms with Crippen LogP contribution in [0.1, 0.15) is 64.7 Å². The first kappa shape index (κ1) is 23.1. The van der Waals surface area contributed by atoms with Gasteiger partial charge < -0.3 is 8.85 Å². The number of fused-ring (bicyclic) bond motifs is 5. The van der Waals surface area contributed by atoms with E-state index in [4.69, 9.17) is 15.3 Å². The van der Waals surface area contributed by atoms with Crippen LogP contribution in [-0.4, -0.2) is 28.3 Å². The zero-order valence-corrected chi connectivity index (χ0v) is 22.7. The molecule has 0 amide bonds. The molecule has 30 heavy (non-hydrogen) atoms. The Morgan fingerprint density at radius 2 is 1.50 bits per heavy atom. The summed E-state index contributed by atoms with van der Waals surface area (Å²) in [6, 6.07) is 0. The molecule has 0 unspecified atom stereocenters. The van der Waals surface area contributed by atoms with E-state index in [1.54, 1.807) is 0 Å². The van der Waals surface area contributed by atoms with Gasteiger partial charge in [-0.05, 0) is 127 Å². The summed E-state index contributed by atoms with van der Waals surface area (Å²) in [5.74, 6) is 7.66. The van der Waals surface area contributed by atoms with Crippen LogP contribution in [0.15, 0.2) is 0 Å². The first-order chi connectivity index (χ1) is 13.9. The summed E-state index contributed by atoms with van der Waals surface area (Å²) in [5, 5.41) is 0. The molecule has 8 atom stereocenters. The predicted molar refractivity (Wildman–Crippen MR) is 131 cm³/mol. The summed E-state index contributed by atoms with van der Waals surface area (Å²) in [7, 11) is -3.12. The summed E-state index contributed by atoms with van der Waals surface area (Å²) in [5.41, 5.74) is -0.138. The summed E-state index contributed by atoms with van der Waals surface area (Å²) < 4.78 is 13.4. The average Bonchev–Trinajstić information content (AvgIpc) is 2.91. The Morgan fingerprint density at radius 1 is 0.800 bits per heavy atom. The van der Waals surface area contributed by atoms with Gasteiger partial charge in [-0.15, -0.1) is 6.42 Å². The molecule has 0 aromatic carbocycles. The van der Waals surface area contributed by atoms with E-state index in [1.165, 1.54) is 51.4 Å². The maximum Gasteiger partial charge on any atom is 0.185 e. The lowest BCUT2D eigenvalue weighted by molar-refractivity contribution is -0.104. The second-order valence-electron chi connectivity index (χ2n) is 13.3. The fourth-order valence-electron chi connectivity index (χ4n) is 8.37. The zero-order valence-electron chi connectivity index (χ0n) is 20.7. The lowest BCUT2D eigenvalue weighted by atomic mass is 9.49. The number of hydrogen-bond donors (Lipinski definition) is 0. The third-order valence-corrected chi connectivity index (χ3v) is 11.3. The molecule has 0 aliphatic heterocycles. The number of rotatable bonds is 4. The van der Waals surface area contributed by atoms with Gasteiger partial charge >= 0.3 is 0 Å². The van der Waals surface area contributed by atoms with Crippen molar-refractivity contribution >= 4 is 16.6 Å². The molecule has 4 heteroatoms. The average molecular weight is 447 g/mol. The van der Waals surface area contributed by atoms with E-state index in [-0.39, 0.29) is 11.0 Å². The van der Waals surface area contributed by atoms with Crippen molar-refractivity contribution < 1.29 is 8.85 Å². The van der Waals surface area contributed by atoms with Gasteiger partial charge in [0.05, 0.1) is 0 Å². The van der Waals surface area contributed by atoms with Gasteiger partial charge in [0.2, 0.25) is 0 Å². The number of terminal acetylenes is 1. The molecular formula is C26H46O2Si2. The molecule has 4 aliphatic carbocycles. The molecule has 4 rings (SSSR count). The van der Waals surface area contributed by atoms with Crippen LogP contribution in [0.3, 0.4) is 0 Å². The van der Waals surface area contributed by atoms with Crippen molar-refractivity contribution in [2.45, 2.75) is 116 Å². The van der Waals surface area contributed by atoms with Gasteiger partial charge in [-0.1, -0.05) is 12.8 Å². The molecule has 2 nitrogen and oxygen atoms in total. The molecule has 0 aromatic heterocycles. The Hall–Kier alpha value is -0.0862. The second-order valence-corrected chi connectivity index (χ2v) is 22.2. The van der Waals surface area contributed by atoms with Crippen LogP contribution in [0, 0.1) is 47.3 Å². The van der Waals surface area contributed by atoms with Crippen LogP contribution in [0.5, 0.6) is 0 Å². The minimum Gasteiger partial charge on any atom is -0.415 e. The van der Waals surface area contributed by atoms with Crippen molar-refractivity contribution in [1.82, 2.24) is 0 Å². The van der Waals surface area contributed by atoms with Crippen molar-refractivity contribution in [2.24, 2.45) is 35.0 Å². The van der Waals surface area contributed by atoms with Gasteiger partial charge in [-0.25, -0.2) is 0 Å².